The van der Waals surface area contributed by atoms with Gasteiger partial charge in [-0.05, 0) is 62.9 Å². The average molecular weight is 390 g/mol. The van der Waals surface area contributed by atoms with Crippen molar-refractivity contribution in [2.75, 3.05) is 7.11 Å². The highest BCUT2D eigenvalue weighted by atomic mass is 127. The summed E-state index contributed by atoms with van der Waals surface area (Å²) in [5.74, 6) is 0.859. The summed E-state index contributed by atoms with van der Waals surface area (Å²) in [5, 5.41) is 8.96. The maximum absolute atomic E-state index is 8.96. The number of benzene rings is 1. The van der Waals surface area contributed by atoms with E-state index >= 15 is 0 Å². The summed E-state index contributed by atoms with van der Waals surface area (Å²) in [6.45, 7) is 0.0816. The van der Waals surface area contributed by atoms with Gasteiger partial charge in [0.25, 0.3) is 0 Å². The van der Waals surface area contributed by atoms with Crippen LogP contribution in [-0.2, 0) is 6.61 Å². The highest BCUT2D eigenvalue weighted by Gasteiger charge is 2.05. The van der Waals surface area contributed by atoms with Gasteiger partial charge in [-0.15, -0.1) is 0 Å². The number of halogens is 2. The molecular weight excluding hydrogens is 382 g/mol. The highest BCUT2D eigenvalue weighted by Crippen LogP contribution is 2.26. The molecule has 1 rings (SSSR count). The Kier molecular flexibility index (Phi) is 4.04. The topological polar surface area (TPSA) is 29.5 Å². The highest BCUT2D eigenvalue weighted by molar-refractivity contribution is 14.1. The number of aliphatic hydroxyl groups is 1. The maximum atomic E-state index is 8.96. The lowest BCUT2D eigenvalue weighted by molar-refractivity contribution is 0.280. The van der Waals surface area contributed by atoms with E-state index in [1.165, 1.54) is 0 Å². The van der Waals surface area contributed by atoms with Gasteiger partial charge >= 0.3 is 0 Å². The van der Waals surface area contributed by atoms with Crippen molar-refractivity contribution >= 4 is 45.2 Å². The van der Waals surface area contributed by atoms with Crippen molar-refractivity contribution < 1.29 is 9.84 Å². The Morgan fingerprint density at radius 2 is 2.00 bits per heavy atom. The Labute approximate surface area is 98.6 Å². The summed E-state index contributed by atoms with van der Waals surface area (Å²) >= 11 is 4.37. The molecule has 1 aromatic rings. The molecule has 2 nitrogen and oxygen atoms in total. The van der Waals surface area contributed by atoms with E-state index < -0.39 is 0 Å². The van der Waals surface area contributed by atoms with Crippen molar-refractivity contribution in [1.29, 1.82) is 0 Å². The lowest BCUT2D eigenvalue weighted by atomic mass is 10.2. The van der Waals surface area contributed by atoms with E-state index in [1.807, 2.05) is 12.1 Å². The van der Waals surface area contributed by atoms with Gasteiger partial charge in [0, 0.05) is 3.57 Å². The van der Waals surface area contributed by atoms with E-state index in [0.29, 0.717) is 0 Å². The van der Waals surface area contributed by atoms with E-state index in [-0.39, 0.29) is 6.61 Å². The van der Waals surface area contributed by atoms with Crippen molar-refractivity contribution in [3.8, 4) is 5.75 Å². The third-order valence-electron chi connectivity index (χ3n) is 1.49. The average Bonchev–Trinajstić information content (AvgIpc) is 2.08. The monoisotopic (exact) mass is 390 g/mol. The molecule has 66 valence electrons. The molecule has 1 aromatic carbocycles. The van der Waals surface area contributed by atoms with Gasteiger partial charge in [-0.1, -0.05) is 0 Å². The summed E-state index contributed by atoms with van der Waals surface area (Å²) in [7, 11) is 1.65. The van der Waals surface area contributed by atoms with Crippen molar-refractivity contribution in [3.63, 3.8) is 0 Å². The van der Waals surface area contributed by atoms with Gasteiger partial charge in [0.1, 0.15) is 5.75 Å². The van der Waals surface area contributed by atoms with E-state index in [4.69, 9.17) is 9.84 Å². The Morgan fingerprint density at radius 3 is 2.50 bits per heavy atom. The second-order valence-electron chi connectivity index (χ2n) is 2.24. The molecule has 0 aromatic heterocycles. The lowest BCUT2D eigenvalue weighted by Crippen LogP contribution is -1.93. The van der Waals surface area contributed by atoms with Crippen LogP contribution >= 0.6 is 45.2 Å². The first-order chi connectivity index (χ1) is 5.69. The fourth-order valence-corrected chi connectivity index (χ4v) is 2.21. The molecule has 0 aliphatic rings. The van der Waals surface area contributed by atoms with Crippen LogP contribution in [-0.4, -0.2) is 12.2 Å². The molecule has 0 aliphatic carbocycles. The molecule has 4 heteroatoms. The van der Waals surface area contributed by atoms with Gasteiger partial charge in [0.15, 0.2) is 0 Å². The van der Waals surface area contributed by atoms with Crippen LogP contribution < -0.4 is 4.74 Å². The molecule has 0 amide bonds. The molecule has 12 heavy (non-hydrogen) atoms. The zero-order chi connectivity index (χ0) is 9.14. The lowest BCUT2D eigenvalue weighted by Gasteiger charge is -2.06. The minimum absolute atomic E-state index is 0.0816. The first-order valence-electron chi connectivity index (χ1n) is 3.31. The van der Waals surface area contributed by atoms with E-state index in [9.17, 15) is 0 Å². The number of methoxy groups -OCH3 is 1. The zero-order valence-electron chi connectivity index (χ0n) is 6.47. The standard InChI is InChI=1S/C8H8I2O2/c1-12-8-3-6(9)5(4-11)2-7(8)10/h2-3,11H,4H2,1H3. The minimum atomic E-state index is 0.0816. The van der Waals surface area contributed by atoms with Crippen LogP contribution in [0.5, 0.6) is 5.75 Å². The Balaban J connectivity index is 3.16. The van der Waals surface area contributed by atoms with Gasteiger partial charge in [0.05, 0.1) is 17.3 Å². The van der Waals surface area contributed by atoms with Crippen molar-refractivity contribution in [3.05, 3.63) is 24.8 Å². The molecule has 0 saturated heterocycles. The van der Waals surface area contributed by atoms with Gasteiger partial charge in [-0.25, -0.2) is 0 Å². The van der Waals surface area contributed by atoms with Gasteiger partial charge in [-0.2, -0.15) is 0 Å². The largest absolute Gasteiger partial charge is 0.496 e. The molecule has 0 unspecified atom stereocenters. The van der Waals surface area contributed by atoms with Crippen LogP contribution in [0.4, 0.5) is 0 Å². The number of rotatable bonds is 2. The fraction of sp³-hybridized carbons (Fsp3) is 0.250. The molecule has 0 bridgehead atoms. The van der Waals surface area contributed by atoms with Gasteiger partial charge in [-0.3, -0.25) is 0 Å². The number of ether oxygens (including phenoxy) is 1. The van der Waals surface area contributed by atoms with Crippen LogP contribution in [0, 0.1) is 7.14 Å². The smallest absolute Gasteiger partial charge is 0.133 e. The molecule has 0 spiro atoms. The first-order valence-corrected chi connectivity index (χ1v) is 5.47. The Hall–Kier alpha value is 0.440. The third kappa shape index (κ3) is 2.23. The predicted molar refractivity (Wildman–Crippen MR) is 64.4 cm³/mol. The summed E-state index contributed by atoms with van der Waals surface area (Å²) in [5.41, 5.74) is 0.945. The van der Waals surface area contributed by atoms with Crippen LogP contribution in [0.25, 0.3) is 0 Å². The van der Waals surface area contributed by atoms with Gasteiger partial charge in [0.2, 0.25) is 0 Å². The minimum Gasteiger partial charge on any atom is -0.496 e. The summed E-state index contributed by atoms with van der Waals surface area (Å²) < 4.78 is 7.19. The fourth-order valence-electron chi connectivity index (χ4n) is 0.847. The predicted octanol–water partition coefficient (Wildman–Crippen LogP) is 2.40. The van der Waals surface area contributed by atoms with Crippen LogP contribution in [0.15, 0.2) is 12.1 Å². The van der Waals surface area contributed by atoms with Crippen LogP contribution in [0.3, 0.4) is 0 Å². The molecule has 0 saturated carbocycles. The van der Waals surface area contributed by atoms with Gasteiger partial charge < -0.3 is 9.84 Å². The van der Waals surface area contributed by atoms with E-state index in [2.05, 4.69) is 45.2 Å². The molecule has 0 atom stereocenters. The SMILES string of the molecule is COc1cc(I)c(CO)cc1I. The molecule has 0 radical (unpaired) electrons. The van der Waals surface area contributed by atoms with Crippen molar-refractivity contribution in [2.45, 2.75) is 6.61 Å². The second kappa shape index (κ2) is 4.61. The zero-order valence-corrected chi connectivity index (χ0v) is 10.8. The second-order valence-corrected chi connectivity index (χ2v) is 4.56. The van der Waals surface area contributed by atoms with Crippen molar-refractivity contribution in [2.24, 2.45) is 0 Å². The maximum Gasteiger partial charge on any atom is 0.133 e. The molecule has 1 N–H and O–H groups in total. The number of hydrogen-bond donors (Lipinski definition) is 1. The van der Waals surface area contributed by atoms with Crippen molar-refractivity contribution in [1.82, 2.24) is 0 Å². The normalized spacial score (nSPS) is 10.0. The van der Waals surface area contributed by atoms with Crippen LogP contribution in [0.2, 0.25) is 0 Å². The number of aliphatic hydroxyl groups excluding tert-OH is 1. The third-order valence-corrected chi connectivity index (χ3v) is 3.34. The molecule has 0 aliphatic heterocycles. The van der Waals surface area contributed by atoms with E-state index in [1.54, 1.807) is 7.11 Å². The molecule has 0 heterocycles. The first kappa shape index (κ1) is 10.5. The summed E-state index contributed by atoms with van der Waals surface area (Å²) in [4.78, 5) is 0. The Morgan fingerprint density at radius 1 is 1.33 bits per heavy atom. The summed E-state index contributed by atoms with van der Waals surface area (Å²) in [6.07, 6.45) is 0. The molecular formula is C8H8I2O2. The Bertz CT molecular complexity index is 257. The number of hydrogen-bond acceptors (Lipinski definition) is 2. The quantitative estimate of drug-likeness (QED) is 0.787. The van der Waals surface area contributed by atoms with E-state index in [0.717, 1.165) is 18.5 Å². The summed E-state index contributed by atoms with van der Waals surface area (Å²) in [6, 6.07) is 3.86. The molecule has 0 fully saturated rings. The van der Waals surface area contributed by atoms with Crippen LogP contribution in [0.1, 0.15) is 5.56 Å².